The Labute approximate surface area is 122 Å². The molecule has 0 saturated carbocycles. The summed E-state index contributed by atoms with van der Waals surface area (Å²) in [6, 6.07) is 0.00671. The van der Waals surface area contributed by atoms with Crippen LogP contribution in [0.3, 0.4) is 0 Å². The number of nitrogens with one attached hydrogen (secondary N) is 2. The van der Waals surface area contributed by atoms with Gasteiger partial charge in [0.15, 0.2) is 0 Å². The number of hydrogen-bond acceptors (Lipinski definition) is 3. The predicted octanol–water partition coefficient (Wildman–Crippen LogP) is 2.23. The molecule has 0 bridgehead atoms. The molecular formula is C13H27ClN2O2S. The Balaban J connectivity index is 2.60. The first-order chi connectivity index (χ1) is 8.55. The lowest BCUT2D eigenvalue weighted by atomic mass is 9.80. The molecule has 0 radical (unpaired) electrons. The number of rotatable bonds is 6. The van der Waals surface area contributed by atoms with E-state index >= 15 is 0 Å². The van der Waals surface area contributed by atoms with Crippen molar-refractivity contribution in [1.29, 1.82) is 0 Å². The summed E-state index contributed by atoms with van der Waals surface area (Å²) >= 11 is 5.57. The van der Waals surface area contributed by atoms with Crippen LogP contribution in [0.25, 0.3) is 0 Å². The second kappa shape index (κ2) is 6.29. The Bertz CT molecular complexity index is 377. The van der Waals surface area contributed by atoms with E-state index in [4.69, 9.17) is 11.6 Å². The highest BCUT2D eigenvalue weighted by molar-refractivity contribution is 7.89. The SMILES string of the molecule is CC1(C)CC(NS(=O)(=O)CCCCCl)CC(C)(C)N1. The van der Waals surface area contributed by atoms with Crippen LogP contribution in [0.1, 0.15) is 53.4 Å². The molecule has 1 saturated heterocycles. The van der Waals surface area contributed by atoms with Gasteiger partial charge in [-0.05, 0) is 53.4 Å². The van der Waals surface area contributed by atoms with Crippen LogP contribution in [0.2, 0.25) is 0 Å². The van der Waals surface area contributed by atoms with Gasteiger partial charge < -0.3 is 5.32 Å². The summed E-state index contributed by atoms with van der Waals surface area (Å²) in [7, 11) is -3.19. The van der Waals surface area contributed by atoms with E-state index in [0.29, 0.717) is 12.3 Å². The molecule has 0 aliphatic carbocycles. The van der Waals surface area contributed by atoms with Gasteiger partial charge in [-0.2, -0.15) is 0 Å². The van der Waals surface area contributed by atoms with Crippen molar-refractivity contribution in [2.24, 2.45) is 0 Å². The van der Waals surface area contributed by atoms with Crippen LogP contribution >= 0.6 is 11.6 Å². The molecule has 6 heteroatoms. The highest BCUT2D eigenvalue weighted by Gasteiger charge is 2.38. The fraction of sp³-hybridized carbons (Fsp3) is 1.00. The van der Waals surface area contributed by atoms with Gasteiger partial charge in [0.25, 0.3) is 0 Å². The van der Waals surface area contributed by atoms with Gasteiger partial charge in [-0.15, -0.1) is 11.6 Å². The summed E-state index contributed by atoms with van der Waals surface area (Å²) in [5.41, 5.74) is -0.101. The van der Waals surface area contributed by atoms with Gasteiger partial charge >= 0.3 is 0 Å². The zero-order valence-corrected chi connectivity index (χ0v) is 14.0. The largest absolute Gasteiger partial charge is 0.307 e. The van der Waals surface area contributed by atoms with Crippen LogP contribution in [0, 0.1) is 0 Å². The van der Waals surface area contributed by atoms with Gasteiger partial charge in [0, 0.05) is 23.0 Å². The summed E-state index contributed by atoms with van der Waals surface area (Å²) in [5, 5.41) is 3.55. The van der Waals surface area contributed by atoms with Crippen molar-refractivity contribution in [1.82, 2.24) is 10.0 Å². The molecule has 0 unspecified atom stereocenters. The first kappa shape index (κ1) is 17.2. The molecule has 0 aromatic carbocycles. The lowest BCUT2D eigenvalue weighted by Crippen LogP contribution is -2.62. The average Bonchev–Trinajstić information content (AvgIpc) is 2.10. The van der Waals surface area contributed by atoms with Crippen molar-refractivity contribution in [3.8, 4) is 0 Å². The fourth-order valence-corrected chi connectivity index (χ4v) is 4.67. The Kier molecular flexibility index (Phi) is 5.70. The summed E-state index contributed by atoms with van der Waals surface area (Å²) in [4.78, 5) is 0. The average molecular weight is 311 g/mol. The normalized spacial score (nSPS) is 23.4. The van der Waals surface area contributed by atoms with Crippen LogP contribution < -0.4 is 10.0 Å². The van der Waals surface area contributed by atoms with Gasteiger partial charge in [0.05, 0.1) is 5.75 Å². The number of alkyl halides is 1. The lowest BCUT2D eigenvalue weighted by Gasteiger charge is -2.46. The van der Waals surface area contributed by atoms with Crippen molar-refractivity contribution in [2.45, 2.75) is 70.5 Å². The number of unbranched alkanes of at least 4 members (excludes halogenated alkanes) is 1. The summed E-state index contributed by atoms with van der Waals surface area (Å²) in [6.45, 7) is 8.46. The molecule has 2 N–H and O–H groups in total. The Morgan fingerprint density at radius 1 is 1.16 bits per heavy atom. The quantitative estimate of drug-likeness (QED) is 0.584. The van der Waals surface area contributed by atoms with Gasteiger partial charge in [-0.1, -0.05) is 0 Å². The van der Waals surface area contributed by atoms with Crippen molar-refractivity contribution in [2.75, 3.05) is 11.6 Å². The molecule has 19 heavy (non-hydrogen) atoms. The van der Waals surface area contributed by atoms with Crippen molar-refractivity contribution in [3.63, 3.8) is 0 Å². The van der Waals surface area contributed by atoms with Crippen LogP contribution in [0.15, 0.2) is 0 Å². The lowest BCUT2D eigenvalue weighted by molar-refractivity contribution is 0.157. The topological polar surface area (TPSA) is 58.2 Å². The Hall–Kier alpha value is 0.160. The molecule has 4 nitrogen and oxygen atoms in total. The summed E-state index contributed by atoms with van der Waals surface area (Å²) < 4.78 is 26.9. The van der Waals surface area contributed by atoms with Crippen LogP contribution in [-0.2, 0) is 10.0 Å². The maximum atomic E-state index is 12.0. The molecule has 114 valence electrons. The zero-order valence-electron chi connectivity index (χ0n) is 12.4. The van der Waals surface area contributed by atoms with Crippen molar-refractivity contribution >= 4 is 21.6 Å². The number of piperidine rings is 1. The van der Waals surface area contributed by atoms with Crippen molar-refractivity contribution in [3.05, 3.63) is 0 Å². The third-order valence-corrected chi connectivity index (χ3v) is 5.12. The van der Waals surface area contributed by atoms with E-state index in [1.54, 1.807) is 0 Å². The standard InChI is InChI=1S/C13H27ClN2O2S/c1-12(2)9-11(10-13(3,4)16-12)15-19(17,18)8-6-5-7-14/h11,15-16H,5-10H2,1-4H3. The highest BCUT2D eigenvalue weighted by atomic mass is 35.5. The molecule has 0 spiro atoms. The fourth-order valence-electron chi connectivity index (χ4n) is 3.11. The number of halogens is 1. The van der Waals surface area contributed by atoms with E-state index in [2.05, 4.69) is 37.7 Å². The zero-order chi connectivity index (χ0) is 14.7. The Morgan fingerprint density at radius 3 is 2.16 bits per heavy atom. The van der Waals surface area contributed by atoms with E-state index in [0.717, 1.165) is 19.3 Å². The number of hydrogen-bond donors (Lipinski definition) is 2. The van der Waals surface area contributed by atoms with E-state index < -0.39 is 10.0 Å². The van der Waals surface area contributed by atoms with Gasteiger partial charge in [-0.3, -0.25) is 0 Å². The maximum Gasteiger partial charge on any atom is 0.211 e. The predicted molar refractivity (Wildman–Crippen MR) is 81.2 cm³/mol. The molecule has 0 atom stereocenters. The minimum atomic E-state index is -3.19. The van der Waals surface area contributed by atoms with E-state index in [1.165, 1.54) is 0 Å². The number of sulfonamides is 1. The first-order valence-corrected chi connectivity index (χ1v) is 9.09. The summed E-state index contributed by atoms with van der Waals surface area (Å²) in [5.74, 6) is 0.688. The van der Waals surface area contributed by atoms with Gasteiger partial charge in [0.1, 0.15) is 0 Å². The van der Waals surface area contributed by atoms with E-state index in [1.807, 2.05) is 0 Å². The molecule has 1 rings (SSSR count). The van der Waals surface area contributed by atoms with Crippen LogP contribution in [-0.4, -0.2) is 37.2 Å². The van der Waals surface area contributed by atoms with Crippen LogP contribution in [0.4, 0.5) is 0 Å². The van der Waals surface area contributed by atoms with Gasteiger partial charge in [0.2, 0.25) is 10.0 Å². The van der Waals surface area contributed by atoms with E-state index in [-0.39, 0.29) is 22.9 Å². The third-order valence-electron chi connectivity index (χ3n) is 3.33. The second-order valence-electron chi connectivity index (χ2n) is 6.83. The van der Waals surface area contributed by atoms with E-state index in [9.17, 15) is 8.42 Å². The minimum Gasteiger partial charge on any atom is -0.307 e. The second-order valence-corrected chi connectivity index (χ2v) is 9.08. The molecule has 0 aromatic heterocycles. The van der Waals surface area contributed by atoms with Crippen molar-refractivity contribution < 1.29 is 8.42 Å². The first-order valence-electron chi connectivity index (χ1n) is 6.91. The smallest absolute Gasteiger partial charge is 0.211 e. The Morgan fingerprint density at radius 2 is 1.68 bits per heavy atom. The molecule has 1 aliphatic rings. The summed E-state index contributed by atoms with van der Waals surface area (Å²) in [6.07, 6.45) is 2.98. The molecule has 1 fully saturated rings. The maximum absolute atomic E-state index is 12.0. The molecular weight excluding hydrogens is 284 g/mol. The highest BCUT2D eigenvalue weighted by Crippen LogP contribution is 2.28. The third kappa shape index (κ3) is 6.43. The minimum absolute atomic E-state index is 0.00671. The molecule has 0 aromatic rings. The van der Waals surface area contributed by atoms with Gasteiger partial charge in [-0.25, -0.2) is 13.1 Å². The molecule has 1 heterocycles. The molecule has 1 aliphatic heterocycles. The monoisotopic (exact) mass is 310 g/mol. The van der Waals surface area contributed by atoms with Crippen LogP contribution in [0.5, 0.6) is 0 Å². The molecule has 0 amide bonds.